The van der Waals surface area contributed by atoms with E-state index in [1.54, 1.807) is 25.1 Å². The van der Waals surface area contributed by atoms with Gasteiger partial charge in [-0.1, -0.05) is 36.8 Å². The molecule has 0 aliphatic rings. The summed E-state index contributed by atoms with van der Waals surface area (Å²) in [7, 11) is 0. The molecule has 0 bridgehead atoms. The van der Waals surface area contributed by atoms with Crippen molar-refractivity contribution >= 4 is 0 Å². The highest BCUT2D eigenvalue weighted by Gasteiger charge is 2.59. The van der Waals surface area contributed by atoms with Gasteiger partial charge in [0.2, 0.25) is 0 Å². The first kappa shape index (κ1) is 17.8. The lowest BCUT2D eigenvalue weighted by atomic mass is 9.91. The maximum atomic E-state index is 12.8. The molecule has 1 unspecified atom stereocenters. The normalized spacial score (nSPS) is 14.5. The van der Waals surface area contributed by atoms with Gasteiger partial charge in [0.05, 0.1) is 0 Å². The van der Waals surface area contributed by atoms with E-state index in [4.69, 9.17) is 0 Å². The topological polar surface area (TPSA) is 12.0 Å². The average Bonchev–Trinajstić information content (AvgIpc) is 2.25. The molecule has 1 aromatic rings. The van der Waals surface area contributed by atoms with Crippen molar-refractivity contribution in [2.75, 3.05) is 6.54 Å². The van der Waals surface area contributed by atoms with Gasteiger partial charge in [-0.15, -0.1) is 0 Å². The van der Waals surface area contributed by atoms with Crippen LogP contribution in [-0.4, -0.2) is 24.9 Å². The van der Waals surface area contributed by atoms with Crippen LogP contribution in [0.2, 0.25) is 0 Å². The fraction of sp³-hybridized carbons (Fsp3) is 0.571. The summed E-state index contributed by atoms with van der Waals surface area (Å²) in [6, 6.07) is 4.73. The minimum absolute atomic E-state index is 0.0269. The van der Waals surface area contributed by atoms with E-state index in [9.17, 15) is 26.3 Å². The van der Waals surface area contributed by atoms with E-state index in [2.05, 4.69) is 5.32 Å². The Morgan fingerprint density at radius 1 is 1.05 bits per heavy atom. The van der Waals surface area contributed by atoms with Gasteiger partial charge in [0.15, 0.2) is 5.92 Å². The number of hydrogen-bond acceptors (Lipinski definition) is 1. The average molecular weight is 313 g/mol. The van der Waals surface area contributed by atoms with E-state index in [0.29, 0.717) is 5.56 Å². The molecule has 0 fully saturated rings. The molecule has 0 spiro atoms. The predicted octanol–water partition coefficient (Wildman–Crippen LogP) is 4.26. The summed E-state index contributed by atoms with van der Waals surface area (Å²) >= 11 is 0. The second-order valence-corrected chi connectivity index (χ2v) is 4.92. The first-order chi connectivity index (χ1) is 9.55. The maximum Gasteiger partial charge on any atom is 0.402 e. The van der Waals surface area contributed by atoms with Gasteiger partial charge in [0.25, 0.3) is 0 Å². The van der Waals surface area contributed by atoms with E-state index in [0.717, 1.165) is 5.56 Å². The lowest BCUT2D eigenvalue weighted by molar-refractivity contribution is -0.291. The fourth-order valence-electron chi connectivity index (χ4n) is 2.30. The van der Waals surface area contributed by atoms with Gasteiger partial charge in [-0.25, -0.2) is 0 Å². The Bertz CT molecular complexity index is 438. The molecule has 0 aliphatic heterocycles. The molecule has 0 saturated heterocycles. The molecule has 1 aromatic carbocycles. The lowest BCUT2D eigenvalue weighted by Gasteiger charge is -2.31. The van der Waals surface area contributed by atoms with E-state index >= 15 is 0 Å². The second-order valence-electron chi connectivity index (χ2n) is 4.92. The number of benzene rings is 1. The van der Waals surface area contributed by atoms with Crippen LogP contribution in [0.1, 0.15) is 18.1 Å². The largest absolute Gasteiger partial charge is 0.402 e. The van der Waals surface area contributed by atoms with E-state index < -0.39 is 24.3 Å². The summed E-state index contributed by atoms with van der Waals surface area (Å²) in [5.41, 5.74) is 1.23. The van der Waals surface area contributed by atoms with Gasteiger partial charge in [-0.05, 0) is 25.5 Å². The highest BCUT2D eigenvalue weighted by Crippen LogP contribution is 2.42. The molecule has 120 valence electrons. The van der Waals surface area contributed by atoms with Gasteiger partial charge in [0, 0.05) is 6.04 Å². The quantitative estimate of drug-likeness (QED) is 0.801. The van der Waals surface area contributed by atoms with Crippen molar-refractivity contribution in [3.63, 3.8) is 0 Å². The van der Waals surface area contributed by atoms with Crippen LogP contribution < -0.4 is 5.32 Å². The molecule has 0 aliphatic carbocycles. The minimum atomic E-state index is -5.34. The van der Waals surface area contributed by atoms with Gasteiger partial charge in [-0.3, -0.25) is 0 Å². The number of nitrogens with one attached hydrogen (secondary N) is 1. The summed E-state index contributed by atoms with van der Waals surface area (Å²) in [6.07, 6.45) is -11.0. The van der Waals surface area contributed by atoms with Crippen LogP contribution in [0.3, 0.4) is 0 Å². The number of likely N-dealkylation sites (N-methyl/N-ethyl adjacent to an activating group) is 1. The molecular weight excluding hydrogens is 296 g/mol. The van der Waals surface area contributed by atoms with Gasteiger partial charge >= 0.3 is 12.4 Å². The minimum Gasteiger partial charge on any atom is -0.313 e. The molecule has 1 nitrogen and oxygen atoms in total. The molecule has 1 atom stereocenters. The Labute approximate surface area is 119 Å². The molecule has 0 radical (unpaired) electrons. The van der Waals surface area contributed by atoms with Crippen molar-refractivity contribution in [1.82, 2.24) is 5.32 Å². The first-order valence-corrected chi connectivity index (χ1v) is 6.48. The van der Waals surface area contributed by atoms with Crippen molar-refractivity contribution in [1.29, 1.82) is 0 Å². The Kier molecular flexibility index (Phi) is 5.67. The molecule has 0 heterocycles. The summed E-state index contributed by atoms with van der Waals surface area (Å²) in [6.45, 7) is 3.24. The Hall–Kier alpha value is -1.24. The molecule has 7 heteroatoms. The van der Waals surface area contributed by atoms with Crippen LogP contribution in [0.5, 0.6) is 0 Å². The molecule has 0 amide bonds. The van der Waals surface area contributed by atoms with Crippen molar-refractivity contribution in [2.45, 2.75) is 38.7 Å². The van der Waals surface area contributed by atoms with Crippen molar-refractivity contribution in [3.05, 3.63) is 35.4 Å². The fourth-order valence-corrected chi connectivity index (χ4v) is 2.30. The summed E-state index contributed by atoms with van der Waals surface area (Å²) in [5, 5.41) is 2.32. The summed E-state index contributed by atoms with van der Waals surface area (Å²) < 4.78 is 76.9. The SMILES string of the molecule is CCNC(Cc1cccc(C)c1)C(C(F)(F)F)C(F)(F)F. The predicted molar refractivity (Wildman–Crippen MR) is 67.9 cm³/mol. The first-order valence-electron chi connectivity index (χ1n) is 6.48. The molecule has 0 saturated carbocycles. The zero-order valence-electron chi connectivity index (χ0n) is 11.6. The van der Waals surface area contributed by atoms with Crippen LogP contribution in [0, 0.1) is 12.8 Å². The van der Waals surface area contributed by atoms with Gasteiger partial charge < -0.3 is 5.32 Å². The number of alkyl halides is 6. The van der Waals surface area contributed by atoms with Crippen molar-refractivity contribution in [2.24, 2.45) is 5.92 Å². The zero-order valence-corrected chi connectivity index (χ0v) is 11.6. The monoisotopic (exact) mass is 313 g/mol. The molecule has 1 rings (SSSR count). The molecular formula is C14H17F6N. The van der Waals surface area contributed by atoms with Crippen LogP contribution in [-0.2, 0) is 6.42 Å². The van der Waals surface area contributed by atoms with Crippen LogP contribution >= 0.6 is 0 Å². The van der Waals surface area contributed by atoms with Crippen LogP contribution in [0.25, 0.3) is 0 Å². The smallest absolute Gasteiger partial charge is 0.313 e. The van der Waals surface area contributed by atoms with Crippen LogP contribution in [0.15, 0.2) is 24.3 Å². The summed E-state index contributed by atoms with van der Waals surface area (Å²) in [4.78, 5) is 0. The van der Waals surface area contributed by atoms with Gasteiger partial charge in [0.1, 0.15) is 0 Å². The van der Waals surface area contributed by atoms with E-state index in [-0.39, 0.29) is 13.0 Å². The van der Waals surface area contributed by atoms with Gasteiger partial charge in [-0.2, -0.15) is 26.3 Å². The molecule has 0 aromatic heterocycles. The van der Waals surface area contributed by atoms with Crippen LogP contribution in [0.4, 0.5) is 26.3 Å². The standard InChI is InChI=1S/C14H17F6N/c1-3-21-11(8-10-6-4-5-9(2)7-10)12(13(15,16)17)14(18,19)20/h4-7,11-12,21H,3,8H2,1-2H3. The zero-order chi connectivity index (χ0) is 16.3. The Morgan fingerprint density at radius 2 is 1.62 bits per heavy atom. The van der Waals surface area contributed by atoms with Crippen molar-refractivity contribution in [3.8, 4) is 0 Å². The highest BCUT2D eigenvalue weighted by molar-refractivity contribution is 5.23. The Balaban J connectivity index is 3.08. The van der Waals surface area contributed by atoms with E-state index in [1.165, 1.54) is 13.0 Å². The number of aryl methyl sites for hydroxylation is 1. The third-order valence-corrected chi connectivity index (χ3v) is 3.11. The molecule has 1 N–H and O–H groups in total. The number of halogens is 6. The molecule has 21 heavy (non-hydrogen) atoms. The third-order valence-electron chi connectivity index (χ3n) is 3.11. The lowest BCUT2D eigenvalue weighted by Crippen LogP contribution is -2.52. The maximum absolute atomic E-state index is 12.8. The number of hydrogen-bond donors (Lipinski definition) is 1. The summed E-state index contributed by atoms with van der Waals surface area (Å²) in [5.74, 6) is -3.38. The Morgan fingerprint density at radius 3 is 2.05 bits per heavy atom. The third kappa shape index (κ3) is 5.22. The number of rotatable bonds is 5. The second kappa shape index (κ2) is 6.68. The van der Waals surface area contributed by atoms with Crippen molar-refractivity contribution < 1.29 is 26.3 Å². The van der Waals surface area contributed by atoms with E-state index in [1.807, 2.05) is 0 Å². The highest BCUT2D eigenvalue weighted by atomic mass is 19.4.